The Morgan fingerprint density at radius 3 is 2.42 bits per heavy atom. The highest BCUT2D eigenvalue weighted by molar-refractivity contribution is 7.80. The van der Waals surface area contributed by atoms with Crippen molar-refractivity contribution >= 4 is 69.7 Å². The van der Waals surface area contributed by atoms with Gasteiger partial charge in [-0.1, -0.05) is 53.9 Å². The minimum absolute atomic E-state index is 0.00294. The number of hydrogen-bond donors (Lipinski definition) is 4. The third kappa shape index (κ3) is 6.68. The number of amides is 1. The molecule has 24 heavy (non-hydrogen) atoms. The summed E-state index contributed by atoms with van der Waals surface area (Å²) >= 11 is 22.6. The molecule has 0 saturated heterocycles. The van der Waals surface area contributed by atoms with E-state index in [1.54, 1.807) is 12.1 Å². The SMILES string of the molecule is CCCC(=O)N[C@H](NC(=S)Nc1ccccc1C(=O)O)C(Cl)(Cl)Cl. The first-order valence-electron chi connectivity index (χ1n) is 6.91. The van der Waals surface area contributed by atoms with Gasteiger partial charge in [-0.05, 0) is 30.8 Å². The largest absolute Gasteiger partial charge is 0.478 e. The van der Waals surface area contributed by atoms with E-state index in [2.05, 4.69) is 16.0 Å². The van der Waals surface area contributed by atoms with Gasteiger partial charge in [0.15, 0.2) is 5.11 Å². The number of carboxylic acid groups (broad SMARTS) is 1. The minimum atomic E-state index is -1.86. The monoisotopic (exact) mass is 411 g/mol. The standard InChI is InChI=1S/C14H16Cl3N3O3S/c1-2-5-10(21)19-12(14(15,16)17)20-13(24)18-9-7-4-3-6-8(9)11(22)23/h3-4,6-7,12H,2,5H2,1H3,(H,19,21)(H,22,23)(H2,18,20,24)/t12-/m1/s1. The molecule has 0 unspecified atom stereocenters. The van der Waals surface area contributed by atoms with E-state index in [1.807, 2.05) is 6.92 Å². The van der Waals surface area contributed by atoms with Gasteiger partial charge in [-0.25, -0.2) is 4.79 Å². The Morgan fingerprint density at radius 2 is 1.88 bits per heavy atom. The second kappa shape index (κ2) is 9.27. The number of carboxylic acids is 1. The molecular formula is C14H16Cl3N3O3S. The van der Waals surface area contributed by atoms with Gasteiger partial charge in [0.25, 0.3) is 0 Å². The maximum absolute atomic E-state index is 11.7. The first-order chi connectivity index (χ1) is 11.1. The van der Waals surface area contributed by atoms with Gasteiger partial charge < -0.3 is 21.1 Å². The van der Waals surface area contributed by atoms with Crippen LogP contribution in [-0.4, -0.2) is 32.1 Å². The first kappa shape index (κ1) is 20.8. The van der Waals surface area contributed by atoms with E-state index < -0.39 is 15.9 Å². The zero-order chi connectivity index (χ0) is 18.3. The van der Waals surface area contributed by atoms with Crippen LogP contribution in [0.5, 0.6) is 0 Å². The molecule has 0 heterocycles. The zero-order valence-electron chi connectivity index (χ0n) is 12.6. The summed E-state index contributed by atoms with van der Waals surface area (Å²) in [4.78, 5) is 22.9. The Morgan fingerprint density at radius 1 is 1.25 bits per heavy atom. The highest BCUT2D eigenvalue weighted by Crippen LogP contribution is 2.29. The van der Waals surface area contributed by atoms with E-state index >= 15 is 0 Å². The number of halogens is 3. The molecule has 6 nitrogen and oxygen atoms in total. The summed E-state index contributed by atoms with van der Waals surface area (Å²) in [5.74, 6) is -1.43. The summed E-state index contributed by atoms with van der Waals surface area (Å²) in [6, 6.07) is 6.19. The van der Waals surface area contributed by atoms with Crippen molar-refractivity contribution in [2.45, 2.75) is 29.7 Å². The molecule has 1 aromatic rings. The maximum atomic E-state index is 11.7. The molecule has 10 heteroatoms. The van der Waals surface area contributed by atoms with Crippen molar-refractivity contribution in [1.29, 1.82) is 0 Å². The normalized spacial score (nSPS) is 12.2. The number of carbonyl (C=O) groups excluding carboxylic acids is 1. The number of hydrogen-bond acceptors (Lipinski definition) is 3. The number of aromatic carboxylic acids is 1. The fraction of sp³-hybridized carbons (Fsp3) is 0.357. The first-order valence-corrected chi connectivity index (χ1v) is 8.45. The topological polar surface area (TPSA) is 90.5 Å². The molecule has 0 radical (unpaired) electrons. The van der Waals surface area contributed by atoms with Gasteiger partial charge in [0, 0.05) is 6.42 Å². The summed E-state index contributed by atoms with van der Waals surface area (Å²) < 4.78 is -1.86. The van der Waals surface area contributed by atoms with E-state index in [4.69, 9.17) is 52.1 Å². The predicted molar refractivity (Wildman–Crippen MR) is 99.9 cm³/mol. The van der Waals surface area contributed by atoms with E-state index in [0.717, 1.165) is 0 Å². The van der Waals surface area contributed by atoms with E-state index in [0.29, 0.717) is 6.42 Å². The van der Waals surface area contributed by atoms with Gasteiger partial charge in [-0.3, -0.25) is 4.79 Å². The van der Waals surface area contributed by atoms with Crippen LogP contribution in [0.2, 0.25) is 0 Å². The molecule has 1 atom stereocenters. The summed E-state index contributed by atoms with van der Waals surface area (Å²) in [5.41, 5.74) is 0.299. The third-order valence-electron chi connectivity index (χ3n) is 2.79. The summed E-state index contributed by atoms with van der Waals surface area (Å²) in [7, 11) is 0. The number of rotatable bonds is 6. The number of thiocarbonyl (C=S) groups is 1. The number of alkyl halides is 3. The van der Waals surface area contributed by atoms with Gasteiger partial charge in [-0.15, -0.1) is 0 Å². The van der Waals surface area contributed by atoms with Crippen LogP contribution in [0.3, 0.4) is 0 Å². The van der Waals surface area contributed by atoms with Crippen molar-refractivity contribution in [2.75, 3.05) is 5.32 Å². The lowest BCUT2D eigenvalue weighted by Gasteiger charge is -2.28. The second-order valence-electron chi connectivity index (χ2n) is 4.74. The van der Waals surface area contributed by atoms with Crippen LogP contribution in [0.25, 0.3) is 0 Å². The summed E-state index contributed by atoms with van der Waals surface area (Å²) in [5, 5.41) is 17.0. The molecule has 0 aliphatic rings. The summed E-state index contributed by atoms with van der Waals surface area (Å²) in [6.07, 6.45) is -0.188. The summed E-state index contributed by atoms with van der Waals surface area (Å²) in [6.45, 7) is 1.84. The van der Waals surface area contributed by atoms with Crippen molar-refractivity contribution in [3.05, 3.63) is 29.8 Å². The molecule has 132 valence electrons. The molecular weight excluding hydrogens is 397 g/mol. The van der Waals surface area contributed by atoms with Gasteiger partial charge in [0.2, 0.25) is 9.70 Å². The van der Waals surface area contributed by atoms with Crippen molar-refractivity contribution in [3.63, 3.8) is 0 Å². The number of anilines is 1. The smallest absolute Gasteiger partial charge is 0.337 e. The van der Waals surface area contributed by atoms with Gasteiger partial charge in [0.05, 0.1) is 11.3 Å². The molecule has 1 aromatic carbocycles. The molecule has 1 rings (SSSR count). The van der Waals surface area contributed by atoms with Crippen LogP contribution in [0.15, 0.2) is 24.3 Å². The number of nitrogens with one attached hydrogen (secondary N) is 3. The fourth-order valence-corrected chi connectivity index (χ4v) is 2.28. The van der Waals surface area contributed by atoms with E-state index in [1.165, 1.54) is 12.1 Å². The average molecular weight is 413 g/mol. The zero-order valence-corrected chi connectivity index (χ0v) is 15.7. The number of para-hydroxylation sites is 1. The van der Waals surface area contributed by atoms with Crippen LogP contribution < -0.4 is 16.0 Å². The van der Waals surface area contributed by atoms with Crippen LogP contribution in [0.4, 0.5) is 5.69 Å². The maximum Gasteiger partial charge on any atom is 0.337 e. The highest BCUT2D eigenvalue weighted by atomic mass is 35.6. The fourth-order valence-electron chi connectivity index (χ4n) is 1.73. The van der Waals surface area contributed by atoms with Crippen LogP contribution in [-0.2, 0) is 4.79 Å². The Balaban J connectivity index is 2.82. The Kier molecular flexibility index (Phi) is 8.02. The van der Waals surface area contributed by atoms with Crippen molar-refractivity contribution in [2.24, 2.45) is 0 Å². The molecule has 0 aliphatic heterocycles. The molecule has 0 aliphatic carbocycles. The average Bonchev–Trinajstić information content (AvgIpc) is 2.46. The Labute approximate surface area is 159 Å². The lowest BCUT2D eigenvalue weighted by Crippen LogP contribution is -2.56. The molecule has 0 saturated carbocycles. The van der Waals surface area contributed by atoms with Crippen LogP contribution >= 0.6 is 47.0 Å². The Hall–Kier alpha value is -1.28. The molecule has 4 N–H and O–H groups in total. The van der Waals surface area contributed by atoms with Crippen LogP contribution in [0, 0.1) is 0 Å². The van der Waals surface area contributed by atoms with Crippen molar-refractivity contribution in [1.82, 2.24) is 10.6 Å². The quantitative estimate of drug-likeness (QED) is 0.326. The lowest BCUT2D eigenvalue weighted by atomic mass is 10.2. The molecule has 0 fully saturated rings. The molecule has 1 amide bonds. The molecule has 0 aromatic heterocycles. The van der Waals surface area contributed by atoms with Gasteiger partial charge in [0.1, 0.15) is 6.17 Å². The van der Waals surface area contributed by atoms with E-state index in [9.17, 15) is 9.59 Å². The van der Waals surface area contributed by atoms with Gasteiger partial charge in [-0.2, -0.15) is 0 Å². The van der Waals surface area contributed by atoms with Gasteiger partial charge >= 0.3 is 5.97 Å². The number of benzene rings is 1. The van der Waals surface area contributed by atoms with E-state index in [-0.39, 0.29) is 28.7 Å². The number of carbonyl (C=O) groups is 2. The van der Waals surface area contributed by atoms with Crippen molar-refractivity contribution in [3.8, 4) is 0 Å². The molecule has 0 bridgehead atoms. The highest BCUT2D eigenvalue weighted by Gasteiger charge is 2.34. The molecule has 0 spiro atoms. The lowest BCUT2D eigenvalue weighted by molar-refractivity contribution is -0.121. The van der Waals surface area contributed by atoms with Crippen molar-refractivity contribution < 1.29 is 14.7 Å². The third-order valence-corrected chi connectivity index (χ3v) is 3.67. The second-order valence-corrected chi connectivity index (χ2v) is 7.52. The predicted octanol–water partition coefficient (Wildman–Crippen LogP) is 3.28. The minimum Gasteiger partial charge on any atom is -0.478 e. The van der Waals surface area contributed by atoms with Crippen LogP contribution in [0.1, 0.15) is 30.1 Å². The Bertz CT molecular complexity index is 623.